The van der Waals surface area contributed by atoms with Crippen molar-refractivity contribution in [3.8, 4) is 6.07 Å². The summed E-state index contributed by atoms with van der Waals surface area (Å²) in [4.78, 5) is -0.237. The van der Waals surface area contributed by atoms with E-state index in [-0.39, 0.29) is 4.90 Å². The summed E-state index contributed by atoms with van der Waals surface area (Å²) in [6, 6.07) is 2.73. The molecule has 1 N–H and O–H groups in total. The predicted octanol–water partition coefficient (Wildman–Crippen LogP) is 4.15. The lowest BCUT2D eigenvalue weighted by molar-refractivity contribution is 0.455. The summed E-state index contributed by atoms with van der Waals surface area (Å²) < 4.78 is 82.5. The maximum Gasteiger partial charge on any atom is 0.262 e. The second-order valence-electron chi connectivity index (χ2n) is 5.81. The molecule has 2 rings (SSSR count). The van der Waals surface area contributed by atoms with E-state index in [2.05, 4.69) is 0 Å². The van der Waals surface area contributed by atoms with Crippen LogP contribution in [0.5, 0.6) is 0 Å². The molecule has 0 amide bonds. The lowest BCUT2D eigenvalue weighted by Gasteiger charge is -2.17. The molecule has 0 heterocycles. The summed E-state index contributed by atoms with van der Waals surface area (Å²) in [6.45, 7) is 6.32. The molecule has 0 aromatic heterocycles. The van der Waals surface area contributed by atoms with Gasteiger partial charge < -0.3 is 0 Å². The van der Waals surface area contributed by atoms with Crippen molar-refractivity contribution in [1.29, 1.82) is 5.26 Å². The molecule has 2 aromatic carbocycles. The molecule has 0 fully saturated rings. The third-order valence-corrected chi connectivity index (χ3v) is 5.80. The molecule has 138 valence electrons. The zero-order valence-electron chi connectivity index (χ0n) is 14.3. The molecular formula is C17H14F4N2O2S. The Hall–Kier alpha value is -2.60. The Morgan fingerprint density at radius 3 is 1.69 bits per heavy atom. The molecule has 0 unspecified atom stereocenters. The highest BCUT2D eigenvalue weighted by Crippen LogP contribution is 2.32. The summed E-state index contributed by atoms with van der Waals surface area (Å²) in [5.74, 6) is -7.94. The van der Waals surface area contributed by atoms with Gasteiger partial charge >= 0.3 is 0 Å². The van der Waals surface area contributed by atoms with Crippen LogP contribution >= 0.6 is 0 Å². The normalized spacial score (nSPS) is 11.3. The van der Waals surface area contributed by atoms with Gasteiger partial charge in [0, 0.05) is 0 Å². The minimum atomic E-state index is -4.56. The number of hydrogen-bond acceptors (Lipinski definition) is 3. The van der Waals surface area contributed by atoms with Crippen molar-refractivity contribution in [3.05, 3.63) is 57.2 Å². The third-order valence-electron chi connectivity index (χ3n) is 4.18. The molecule has 9 heteroatoms. The molecule has 0 aliphatic carbocycles. The first-order valence-electron chi connectivity index (χ1n) is 7.30. The van der Waals surface area contributed by atoms with E-state index in [1.54, 1.807) is 24.6 Å². The van der Waals surface area contributed by atoms with Crippen molar-refractivity contribution in [2.24, 2.45) is 0 Å². The van der Waals surface area contributed by atoms with Gasteiger partial charge in [0.25, 0.3) is 10.0 Å². The second kappa shape index (κ2) is 6.61. The first-order chi connectivity index (χ1) is 11.9. The third kappa shape index (κ3) is 3.01. The van der Waals surface area contributed by atoms with E-state index < -0.39 is 44.5 Å². The smallest absolute Gasteiger partial charge is 0.262 e. The van der Waals surface area contributed by atoms with Gasteiger partial charge in [-0.05, 0) is 49.9 Å². The number of rotatable bonds is 3. The highest BCUT2D eigenvalue weighted by atomic mass is 32.2. The Kier molecular flexibility index (Phi) is 5.01. The summed E-state index contributed by atoms with van der Waals surface area (Å²) in [5.41, 5.74) is -1.09. The monoisotopic (exact) mass is 386 g/mol. The van der Waals surface area contributed by atoms with Crippen LogP contribution in [-0.4, -0.2) is 8.42 Å². The molecule has 0 radical (unpaired) electrons. The van der Waals surface area contributed by atoms with Crippen molar-refractivity contribution in [2.45, 2.75) is 32.6 Å². The lowest BCUT2D eigenvalue weighted by Crippen LogP contribution is -2.20. The van der Waals surface area contributed by atoms with Crippen molar-refractivity contribution in [2.75, 3.05) is 4.72 Å². The predicted molar refractivity (Wildman–Crippen MR) is 87.2 cm³/mol. The second-order valence-corrected chi connectivity index (χ2v) is 7.43. The van der Waals surface area contributed by atoms with Crippen molar-refractivity contribution in [3.63, 3.8) is 0 Å². The van der Waals surface area contributed by atoms with E-state index >= 15 is 0 Å². The topological polar surface area (TPSA) is 70.0 Å². The van der Waals surface area contributed by atoms with E-state index in [0.29, 0.717) is 22.3 Å². The van der Waals surface area contributed by atoms with Crippen LogP contribution in [0.1, 0.15) is 27.8 Å². The van der Waals surface area contributed by atoms with Crippen LogP contribution in [0, 0.1) is 62.3 Å². The van der Waals surface area contributed by atoms with Gasteiger partial charge in [-0.15, -0.1) is 0 Å². The molecule has 26 heavy (non-hydrogen) atoms. The number of anilines is 1. The summed E-state index contributed by atoms with van der Waals surface area (Å²) in [5, 5.41) is 8.58. The first kappa shape index (κ1) is 19.7. The SMILES string of the molecule is Cc1cc(C)c(C)c(S(=O)(=O)Nc2c(F)c(F)c(C#N)c(F)c2F)c1C. The van der Waals surface area contributed by atoms with E-state index in [4.69, 9.17) is 5.26 Å². The maximum absolute atomic E-state index is 14.0. The van der Waals surface area contributed by atoms with Gasteiger partial charge in [-0.3, -0.25) is 4.72 Å². The zero-order chi connectivity index (χ0) is 20.0. The molecule has 0 atom stereocenters. The maximum atomic E-state index is 14.0. The molecule has 0 bridgehead atoms. The van der Waals surface area contributed by atoms with Gasteiger partial charge in [-0.25, -0.2) is 26.0 Å². The van der Waals surface area contributed by atoms with E-state index in [9.17, 15) is 26.0 Å². The number of nitrogens with zero attached hydrogens (tertiary/aromatic N) is 1. The average molecular weight is 386 g/mol. The molecule has 0 saturated heterocycles. The number of nitriles is 1. The van der Waals surface area contributed by atoms with Crippen molar-refractivity contribution in [1.82, 2.24) is 0 Å². The number of benzene rings is 2. The number of halogens is 4. The Morgan fingerprint density at radius 2 is 1.31 bits per heavy atom. The zero-order valence-corrected chi connectivity index (χ0v) is 15.1. The van der Waals surface area contributed by atoms with Crippen LogP contribution in [0.15, 0.2) is 11.0 Å². The summed E-state index contributed by atoms with van der Waals surface area (Å²) in [6.07, 6.45) is 0. The minimum Gasteiger partial charge on any atom is -0.274 e. The summed E-state index contributed by atoms with van der Waals surface area (Å²) in [7, 11) is -4.56. The van der Waals surface area contributed by atoms with Crippen LogP contribution in [0.4, 0.5) is 23.2 Å². The number of sulfonamides is 1. The van der Waals surface area contributed by atoms with E-state index in [1.807, 2.05) is 0 Å². The van der Waals surface area contributed by atoms with Crippen LogP contribution < -0.4 is 4.72 Å². The Morgan fingerprint density at radius 1 is 0.885 bits per heavy atom. The highest BCUT2D eigenvalue weighted by Gasteiger charge is 2.30. The standard InChI is InChI=1S/C17H14F4N2O2S/c1-7-5-8(2)10(4)17(9(7)3)26(24,25)23-16-14(20)12(18)11(6-22)13(19)15(16)21/h5,23H,1-4H3. The van der Waals surface area contributed by atoms with E-state index in [0.717, 1.165) is 6.07 Å². The molecule has 4 nitrogen and oxygen atoms in total. The van der Waals surface area contributed by atoms with Crippen molar-refractivity contribution < 1.29 is 26.0 Å². The fraction of sp³-hybridized carbons (Fsp3) is 0.235. The van der Waals surface area contributed by atoms with Crippen LogP contribution in [0.3, 0.4) is 0 Å². The van der Waals surface area contributed by atoms with Crippen LogP contribution in [0.2, 0.25) is 0 Å². The molecule has 0 aliphatic heterocycles. The van der Waals surface area contributed by atoms with Gasteiger partial charge in [0.1, 0.15) is 17.3 Å². The average Bonchev–Trinajstić information content (AvgIpc) is 2.56. The largest absolute Gasteiger partial charge is 0.274 e. The van der Waals surface area contributed by atoms with Gasteiger partial charge in [0.2, 0.25) is 0 Å². The minimum absolute atomic E-state index is 0.237. The highest BCUT2D eigenvalue weighted by molar-refractivity contribution is 7.92. The molecule has 0 spiro atoms. The van der Waals surface area contributed by atoms with Crippen molar-refractivity contribution >= 4 is 15.7 Å². The van der Waals surface area contributed by atoms with Gasteiger partial charge in [0.05, 0.1) is 4.90 Å². The Labute approximate surface area is 148 Å². The van der Waals surface area contributed by atoms with Crippen LogP contribution in [0.25, 0.3) is 0 Å². The quantitative estimate of drug-likeness (QED) is 0.636. The van der Waals surface area contributed by atoms with Crippen LogP contribution in [-0.2, 0) is 10.0 Å². The fourth-order valence-corrected chi connectivity index (χ4v) is 4.27. The molecule has 0 saturated carbocycles. The van der Waals surface area contributed by atoms with Gasteiger partial charge in [0.15, 0.2) is 23.3 Å². The van der Waals surface area contributed by atoms with Gasteiger partial charge in [-0.1, -0.05) is 6.07 Å². The number of hydrogen-bond donors (Lipinski definition) is 1. The number of nitrogens with one attached hydrogen (secondary N) is 1. The molecule has 2 aromatic rings. The molecule has 0 aliphatic rings. The number of aryl methyl sites for hydroxylation is 2. The molecular weight excluding hydrogens is 372 g/mol. The Bertz CT molecular complexity index is 1020. The Balaban J connectivity index is 2.73. The summed E-state index contributed by atoms with van der Waals surface area (Å²) >= 11 is 0. The lowest BCUT2D eigenvalue weighted by atomic mass is 10.0. The fourth-order valence-electron chi connectivity index (χ4n) is 2.59. The first-order valence-corrected chi connectivity index (χ1v) is 8.78. The van der Waals surface area contributed by atoms with Gasteiger partial charge in [-0.2, -0.15) is 5.26 Å². The van der Waals surface area contributed by atoms with E-state index in [1.165, 1.54) is 13.8 Å².